The molecule has 0 radical (unpaired) electrons. The fourth-order valence-electron chi connectivity index (χ4n) is 3.96. The van der Waals surface area contributed by atoms with Crippen LogP contribution in [0.5, 0.6) is 0 Å². The van der Waals surface area contributed by atoms with Crippen LogP contribution in [0.25, 0.3) is 44.9 Å². The van der Waals surface area contributed by atoms with Gasteiger partial charge in [-0.05, 0) is 48.4 Å². The van der Waals surface area contributed by atoms with Crippen molar-refractivity contribution in [1.82, 2.24) is 9.55 Å². The lowest BCUT2D eigenvalue weighted by Crippen LogP contribution is -1.92. The average Bonchev–Trinajstić information content (AvgIpc) is 3.05. The number of hydrogen-bond acceptors (Lipinski definition) is 1. The monoisotopic (exact) mass is 348 g/mol. The van der Waals surface area contributed by atoms with Crippen LogP contribution in [-0.4, -0.2) is 9.55 Å². The SMILES string of the molecule is CCn1c2ccccc2c2cc(/C=C/c3ccnc4ccccc34)ccc21. The molecule has 2 heterocycles. The van der Waals surface area contributed by atoms with Gasteiger partial charge in [0.1, 0.15) is 0 Å². The van der Waals surface area contributed by atoms with Crippen LogP contribution in [0.1, 0.15) is 18.1 Å². The molecule has 0 spiro atoms. The second kappa shape index (κ2) is 6.40. The van der Waals surface area contributed by atoms with Gasteiger partial charge in [0.25, 0.3) is 0 Å². The lowest BCUT2D eigenvalue weighted by atomic mass is 10.1. The minimum atomic E-state index is 0.974. The Morgan fingerprint density at radius 3 is 2.44 bits per heavy atom. The number of benzene rings is 3. The van der Waals surface area contributed by atoms with Crippen molar-refractivity contribution in [3.8, 4) is 0 Å². The van der Waals surface area contributed by atoms with Crippen molar-refractivity contribution in [2.24, 2.45) is 0 Å². The summed E-state index contributed by atoms with van der Waals surface area (Å²) in [7, 11) is 0. The van der Waals surface area contributed by atoms with Crippen molar-refractivity contribution in [2.45, 2.75) is 13.5 Å². The van der Waals surface area contributed by atoms with Crippen LogP contribution < -0.4 is 0 Å². The predicted molar refractivity (Wildman–Crippen MR) is 116 cm³/mol. The Morgan fingerprint density at radius 1 is 0.778 bits per heavy atom. The lowest BCUT2D eigenvalue weighted by Gasteiger charge is -2.03. The van der Waals surface area contributed by atoms with E-state index in [2.05, 4.69) is 95.4 Å². The van der Waals surface area contributed by atoms with Gasteiger partial charge in [-0.2, -0.15) is 0 Å². The van der Waals surface area contributed by atoms with Gasteiger partial charge in [0.15, 0.2) is 0 Å². The molecule has 0 saturated heterocycles. The molecule has 0 fully saturated rings. The van der Waals surface area contributed by atoms with Crippen molar-refractivity contribution in [2.75, 3.05) is 0 Å². The molecule has 0 amide bonds. The summed E-state index contributed by atoms with van der Waals surface area (Å²) in [5, 5.41) is 3.81. The van der Waals surface area contributed by atoms with E-state index in [0.717, 1.165) is 12.1 Å². The normalized spacial score (nSPS) is 11.9. The number of nitrogens with zero attached hydrogens (tertiary/aromatic N) is 2. The highest BCUT2D eigenvalue weighted by Gasteiger charge is 2.09. The van der Waals surface area contributed by atoms with Crippen molar-refractivity contribution >= 4 is 44.9 Å². The minimum absolute atomic E-state index is 0.974. The highest BCUT2D eigenvalue weighted by molar-refractivity contribution is 6.08. The van der Waals surface area contributed by atoms with E-state index in [1.54, 1.807) is 0 Å². The summed E-state index contributed by atoms with van der Waals surface area (Å²) in [6.45, 7) is 3.18. The summed E-state index contributed by atoms with van der Waals surface area (Å²) in [5.74, 6) is 0. The Kier molecular flexibility index (Phi) is 3.75. The molecule has 0 N–H and O–H groups in total. The zero-order chi connectivity index (χ0) is 18.2. The Labute approximate surface area is 158 Å². The predicted octanol–water partition coefficient (Wildman–Crippen LogP) is 6.53. The quantitative estimate of drug-likeness (QED) is 0.362. The van der Waals surface area contributed by atoms with E-state index < -0.39 is 0 Å². The Hall–Kier alpha value is -3.39. The lowest BCUT2D eigenvalue weighted by molar-refractivity contribution is 0.827. The van der Waals surface area contributed by atoms with Gasteiger partial charge in [-0.25, -0.2) is 0 Å². The molecule has 0 bridgehead atoms. The summed E-state index contributed by atoms with van der Waals surface area (Å²) >= 11 is 0. The molecule has 130 valence electrons. The van der Waals surface area contributed by atoms with E-state index in [1.165, 1.54) is 38.3 Å². The first-order valence-corrected chi connectivity index (χ1v) is 9.38. The zero-order valence-electron chi connectivity index (χ0n) is 15.3. The van der Waals surface area contributed by atoms with E-state index >= 15 is 0 Å². The second-order valence-corrected chi connectivity index (χ2v) is 6.79. The zero-order valence-corrected chi connectivity index (χ0v) is 15.3. The van der Waals surface area contributed by atoms with Gasteiger partial charge in [0.2, 0.25) is 0 Å². The summed E-state index contributed by atoms with van der Waals surface area (Å²) in [5.41, 5.74) is 6.03. The van der Waals surface area contributed by atoms with Gasteiger partial charge in [-0.1, -0.05) is 54.6 Å². The maximum absolute atomic E-state index is 4.45. The molecule has 0 saturated carbocycles. The molecule has 2 aromatic heterocycles. The third-order valence-corrected chi connectivity index (χ3v) is 5.25. The van der Waals surface area contributed by atoms with Crippen LogP contribution >= 0.6 is 0 Å². The van der Waals surface area contributed by atoms with Crippen LogP contribution in [0.2, 0.25) is 0 Å². The standard InChI is InChI=1S/C25H20N2/c1-2-27-24-10-6-4-8-21(24)22-17-18(12-14-25(22)27)11-13-19-15-16-26-23-9-5-3-7-20(19)23/h3-17H,2H2,1H3/b13-11+. The second-order valence-electron chi connectivity index (χ2n) is 6.79. The fraction of sp³-hybridized carbons (Fsp3) is 0.0800. The van der Waals surface area contributed by atoms with Crippen LogP contribution in [0, 0.1) is 0 Å². The summed E-state index contributed by atoms with van der Waals surface area (Å²) in [6.07, 6.45) is 6.25. The summed E-state index contributed by atoms with van der Waals surface area (Å²) in [4.78, 5) is 4.45. The van der Waals surface area contributed by atoms with Crippen molar-refractivity contribution in [3.05, 3.63) is 90.1 Å². The van der Waals surface area contributed by atoms with Gasteiger partial charge in [0.05, 0.1) is 5.52 Å². The van der Waals surface area contributed by atoms with Crippen LogP contribution in [0.4, 0.5) is 0 Å². The van der Waals surface area contributed by atoms with Crippen molar-refractivity contribution in [1.29, 1.82) is 0 Å². The molecule has 0 atom stereocenters. The Morgan fingerprint density at radius 2 is 1.56 bits per heavy atom. The van der Waals surface area contributed by atoms with Gasteiger partial charge >= 0.3 is 0 Å². The Balaban J connectivity index is 1.63. The van der Waals surface area contributed by atoms with E-state index in [4.69, 9.17) is 0 Å². The van der Waals surface area contributed by atoms with E-state index in [9.17, 15) is 0 Å². The first-order valence-electron chi connectivity index (χ1n) is 9.38. The van der Waals surface area contributed by atoms with Gasteiger partial charge in [-0.3, -0.25) is 4.98 Å². The van der Waals surface area contributed by atoms with E-state index in [1.807, 2.05) is 12.3 Å². The number of aryl methyl sites for hydroxylation is 1. The number of aromatic nitrogens is 2. The highest BCUT2D eigenvalue weighted by Crippen LogP contribution is 2.30. The number of fused-ring (bicyclic) bond motifs is 4. The van der Waals surface area contributed by atoms with Crippen LogP contribution in [0.15, 0.2) is 79.0 Å². The molecule has 0 unspecified atom stereocenters. The summed E-state index contributed by atoms with van der Waals surface area (Å²) in [6, 6.07) is 25.7. The molecule has 5 aromatic rings. The number of pyridine rings is 1. The molecule has 2 heteroatoms. The molecule has 2 nitrogen and oxygen atoms in total. The molecule has 0 aliphatic carbocycles. The maximum Gasteiger partial charge on any atom is 0.0707 e. The number of para-hydroxylation sites is 2. The highest BCUT2D eigenvalue weighted by atomic mass is 15.0. The van der Waals surface area contributed by atoms with Gasteiger partial charge < -0.3 is 4.57 Å². The third kappa shape index (κ3) is 2.61. The molecule has 5 rings (SSSR count). The fourth-order valence-corrected chi connectivity index (χ4v) is 3.96. The average molecular weight is 348 g/mol. The smallest absolute Gasteiger partial charge is 0.0707 e. The maximum atomic E-state index is 4.45. The molecular weight excluding hydrogens is 328 g/mol. The third-order valence-electron chi connectivity index (χ3n) is 5.25. The van der Waals surface area contributed by atoms with Gasteiger partial charge in [-0.15, -0.1) is 0 Å². The largest absolute Gasteiger partial charge is 0.341 e. The molecule has 27 heavy (non-hydrogen) atoms. The van der Waals surface area contributed by atoms with Crippen LogP contribution in [-0.2, 0) is 6.54 Å². The summed E-state index contributed by atoms with van der Waals surface area (Å²) < 4.78 is 2.38. The van der Waals surface area contributed by atoms with E-state index in [-0.39, 0.29) is 0 Å². The van der Waals surface area contributed by atoms with Gasteiger partial charge in [0, 0.05) is 39.9 Å². The molecule has 3 aromatic carbocycles. The molecular formula is C25H20N2. The number of rotatable bonds is 3. The Bertz CT molecular complexity index is 1300. The first-order chi connectivity index (χ1) is 13.3. The topological polar surface area (TPSA) is 17.8 Å². The van der Waals surface area contributed by atoms with Crippen LogP contribution in [0.3, 0.4) is 0 Å². The number of hydrogen-bond donors (Lipinski definition) is 0. The van der Waals surface area contributed by atoms with Crippen molar-refractivity contribution < 1.29 is 0 Å². The minimum Gasteiger partial charge on any atom is -0.341 e. The van der Waals surface area contributed by atoms with Crippen molar-refractivity contribution in [3.63, 3.8) is 0 Å². The first kappa shape index (κ1) is 15.8. The molecule has 0 aliphatic heterocycles. The molecule has 0 aliphatic rings. The van der Waals surface area contributed by atoms with E-state index in [0.29, 0.717) is 0 Å².